The van der Waals surface area contributed by atoms with Gasteiger partial charge >= 0.3 is 0 Å². The van der Waals surface area contributed by atoms with Crippen LogP contribution in [0.3, 0.4) is 0 Å². The molecule has 0 saturated heterocycles. The first kappa shape index (κ1) is 13.7. The molecule has 0 aliphatic rings. The van der Waals surface area contributed by atoms with Crippen LogP contribution < -0.4 is 5.32 Å². The maximum atomic E-state index is 11.6. The monoisotopic (exact) mass is 294 g/mol. The van der Waals surface area contributed by atoms with Gasteiger partial charge in [-0.3, -0.25) is 4.79 Å². The Bertz CT molecular complexity index is 426. The van der Waals surface area contributed by atoms with Crippen molar-refractivity contribution >= 4 is 21.8 Å². The summed E-state index contributed by atoms with van der Waals surface area (Å²) in [6.45, 7) is 2.03. The fourth-order valence-corrected chi connectivity index (χ4v) is 1.86. The van der Waals surface area contributed by atoms with Gasteiger partial charge in [0.25, 0.3) is 0 Å². The quantitative estimate of drug-likeness (QED) is 0.906. The maximum Gasteiger partial charge on any atom is 0.221 e. The van der Waals surface area contributed by atoms with Crippen molar-refractivity contribution in [3.8, 4) is 6.07 Å². The van der Waals surface area contributed by atoms with Gasteiger partial charge in [0.15, 0.2) is 0 Å². The number of rotatable bonds is 5. The van der Waals surface area contributed by atoms with Gasteiger partial charge in [0, 0.05) is 10.9 Å². The number of hydrogen-bond acceptors (Lipinski definition) is 2. The lowest BCUT2D eigenvalue weighted by Gasteiger charge is -2.12. The Balaban J connectivity index is 2.67. The lowest BCUT2D eigenvalue weighted by Crippen LogP contribution is -2.27. The maximum absolute atomic E-state index is 11.6. The van der Waals surface area contributed by atoms with Crippen molar-refractivity contribution in [2.45, 2.75) is 32.2 Å². The molecule has 17 heavy (non-hydrogen) atoms. The number of benzene rings is 1. The molecule has 0 aromatic heterocycles. The summed E-state index contributed by atoms with van der Waals surface area (Å²) in [7, 11) is 0. The SMILES string of the molecule is CCCCC(=O)NC(C#N)c1cccc(Br)c1. The van der Waals surface area contributed by atoms with E-state index in [4.69, 9.17) is 5.26 Å². The van der Waals surface area contributed by atoms with Crippen molar-refractivity contribution in [1.82, 2.24) is 5.32 Å². The highest BCUT2D eigenvalue weighted by atomic mass is 79.9. The molecule has 1 aromatic carbocycles. The fraction of sp³-hybridized carbons (Fsp3) is 0.385. The summed E-state index contributed by atoms with van der Waals surface area (Å²) in [5.74, 6) is -0.0709. The van der Waals surface area contributed by atoms with Crippen LogP contribution in [0.25, 0.3) is 0 Å². The summed E-state index contributed by atoms with van der Waals surface area (Å²) < 4.78 is 0.901. The third kappa shape index (κ3) is 4.58. The van der Waals surface area contributed by atoms with E-state index in [1.807, 2.05) is 31.2 Å². The molecule has 0 spiro atoms. The van der Waals surface area contributed by atoms with E-state index < -0.39 is 6.04 Å². The molecule has 90 valence electrons. The Morgan fingerprint density at radius 2 is 2.35 bits per heavy atom. The van der Waals surface area contributed by atoms with Crippen LogP contribution in [0.1, 0.15) is 37.8 Å². The minimum atomic E-state index is -0.572. The summed E-state index contributed by atoms with van der Waals surface area (Å²) in [6, 6.07) is 8.94. The number of carbonyl (C=O) groups is 1. The van der Waals surface area contributed by atoms with E-state index >= 15 is 0 Å². The number of nitrogens with one attached hydrogen (secondary N) is 1. The highest BCUT2D eigenvalue weighted by Crippen LogP contribution is 2.17. The number of nitriles is 1. The van der Waals surface area contributed by atoms with E-state index in [0.29, 0.717) is 6.42 Å². The molecular formula is C13H15BrN2O. The van der Waals surface area contributed by atoms with Gasteiger partial charge in [0.2, 0.25) is 5.91 Å². The minimum Gasteiger partial charge on any atom is -0.337 e. The van der Waals surface area contributed by atoms with Crippen molar-refractivity contribution in [2.75, 3.05) is 0 Å². The molecule has 4 heteroatoms. The zero-order valence-electron chi connectivity index (χ0n) is 9.74. The van der Waals surface area contributed by atoms with Gasteiger partial charge in [0.05, 0.1) is 6.07 Å². The number of nitrogens with zero attached hydrogens (tertiary/aromatic N) is 1. The van der Waals surface area contributed by atoms with E-state index in [2.05, 4.69) is 27.3 Å². The largest absolute Gasteiger partial charge is 0.337 e. The number of hydrogen-bond donors (Lipinski definition) is 1. The highest BCUT2D eigenvalue weighted by Gasteiger charge is 2.13. The number of amides is 1. The highest BCUT2D eigenvalue weighted by molar-refractivity contribution is 9.10. The van der Waals surface area contributed by atoms with Gasteiger partial charge in [-0.05, 0) is 24.1 Å². The molecule has 0 aliphatic carbocycles. The van der Waals surface area contributed by atoms with E-state index in [9.17, 15) is 4.79 Å². The van der Waals surface area contributed by atoms with E-state index in [-0.39, 0.29) is 5.91 Å². The van der Waals surface area contributed by atoms with E-state index in [1.54, 1.807) is 0 Å². The Labute approximate surface area is 110 Å². The van der Waals surface area contributed by atoms with Crippen LogP contribution in [0.5, 0.6) is 0 Å². The van der Waals surface area contributed by atoms with Gasteiger partial charge in [-0.2, -0.15) is 5.26 Å². The van der Waals surface area contributed by atoms with E-state index in [0.717, 1.165) is 22.9 Å². The molecule has 1 N–H and O–H groups in total. The Kier molecular flexibility index (Phi) is 5.71. The molecule has 3 nitrogen and oxygen atoms in total. The zero-order valence-corrected chi connectivity index (χ0v) is 11.3. The molecule has 1 aromatic rings. The van der Waals surface area contributed by atoms with Crippen LogP contribution in [0.4, 0.5) is 0 Å². The van der Waals surface area contributed by atoms with Crippen LogP contribution in [0.15, 0.2) is 28.7 Å². The average Bonchev–Trinajstić information content (AvgIpc) is 2.33. The first-order valence-electron chi connectivity index (χ1n) is 5.61. The third-order valence-electron chi connectivity index (χ3n) is 2.37. The second-order valence-electron chi connectivity index (χ2n) is 3.79. The fourth-order valence-electron chi connectivity index (χ4n) is 1.45. The Morgan fingerprint density at radius 1 is 1.59 bits per heavy atom. The predicted octanol–water partition coefficient (Wildman–Crippen LogP) is 3.32. The zero-order chi connectivity index (χ0) is 12.7. The van der Waals surface area contributed by atoms with Crippen molar-refractivity contribution in [3.05, 3.63) is 34.3 Å². The molecule has 1 amide bonds. The summed E-state index contributed by atoms with van der Waals surface area (Å²) in [6.07, 6.45) is 2.30. The van der Waals surface area contributed by atoms with Crippen molar-refractivity contribution in [3.63, 3.8) is 0 Å². The summed E-state index contributed by atoms with van der Waals surface area (Å²) in [4.78, 5) is 11.6. The predicted molar refractivity (Wildman–Crippen MR) is 70.2 cm³/mol. The van der Waals surface area contributed by atoms with Gasteiger partial charge in [0.1, 0.15) is 6.04 Å². The molecule has 1 atom stereocenters. The van der Waals surface area contributed by atoms with Crippen LogP contribution in [-0.4, -0.2) is 5.91 Å². The van der Waals surface area contributed by atoms with Crippen molar-refractivity contribution in [2.24, 2.45) is 0 Å². The minimum absolute atomic E-state index is 0.0709. The Morgan fingerprint density at radius 3 is 2.94 bits per heavy atom. The second kappa shape index (κ2) is 7.08. The molecule has 1 unspecified atom stereocenters. The molecule has 0 saturated carbocycles. The van der Waals surface area contributed by atoms with Gasteiger partial charge in [-0.1, -0.05) is 41.4 Å². The number of unbranched alkanes of at least 4 members (excludes halogenated alkanes) is 1. The third-order valence-corrected chi connectivity index (χ3v) is 2.87. The van der Waals surface area contributed by atoms with Crippen molar-refractivity contribution in [1.29, 1.82) is 5.26 Å². The molecule has 0 fully saturated rings. The number of halogens is 1. The van der Waals surface area contributed by atoms with Gasteiger partial charge in [-0.15, -0.1) is 0 Å². The summed E-state index contributed by atoms with van der Waals surface area (Å²) in [5.41, 5.74) is 0.798. The molecule has 0 bridgehead atoms. The van der Waals surface area contributed by atoms with Crippen LogP contribution in [0.2, 0.25) is 0 Å². The van der Waals surface area contributed by atoms with E-state index in [1.165, 1.54) is 0 Å². The smallest absolute Gasteiger partial charge is 0.221 e. The lowest BCUT2D eigenvalue weighted by molar-refractivity contribution is -0.121. The second-order valence-corrected chi connectivity index (χ2v) is 4.70. The summed E-state index contributed by atoms with van der Waals surface area (Å²) in [5, 5.41) is 11.8. The first-order valence-corrected chi connectivity index (χ1v) is 6.41. The average molecular weight is 295 g/mol. The normalized spacial score (nSPS) is 11.6. The van der Waals surface area contributed by atoms with Crippen LogP contribution in [0, 0.1) is 11.3 Å². The molecule has 0 aliphatic heterocycles. The van der Waals surface area contributed by atoms with Gasteiger partial charge < -0.3 is 5.32 Å². The summed E-state index contributed by atoms with van der Waals surface area (Å²) >= 11 is 3.35. The standard InChI is InChI=1S/C13H15BrN2O/c1-2-3-7-13(17)16-12(9-15)10-5-4-6-11(14)8-10/h4-6,8,12H,2-3,7H2,1H3,(H,16,17). The van der Waals surface area contributed by atoms with Crippen LogP contribution in [-0.2, 0) is 4.79 Å². The Hall–Kier alpha value is -1.34. The number of carbonyl (C=O) groups excluding carboxylic acids is 1. The first-order chi connectivity index (χ1) is 8.17. The lowest BCUT2D eigenvalue weighted by atomic mass is 10.1. The van der Waals surface area contributed by atoms with Crippen LogP contribution >= 0.6 is 15.9 Å². The topological polar surface area (TPSA) is 52.9 Å². The molecular weight excluding hydrogens is 280 g/mol. The molecule has 0 radical (unpaired) electrons. The van der Waals surface area contributed by atoms with Gasteiger partial charge in [-0.25, -0.2) is 0 Å². The molecule has 0 heterocycles. The van der Waals surface area contributed by atoms with Crippen molar-refractivity contribution < 1.29 is 4.79 Å². The molecule has 1 rings (SSSR count).